The molecule has 1 saturated heterocycles. The molecule has 0 spiro atoms. The first-order valence-corrected chi connectivity index (χ1v) is 5.61. The van der Waals surface area contributed by atoms with E-state index in [4.69, 9.17) is 15.6 Å². The summed E-state index contributed by atoms with van der Waals surface area (Å²) in [6.45, 7) is -1.23. The molecule has 10 heteroatoms. The minimum absolute atomic E-state index is 0.0958. The van der Waals surface area contributed by atoms with Gasteiger partial charge >= 0.3 is 5.69 Å². The monoisotopic (exact) mass is 293 g/mol. The van der Waals surface area contributed by atoms with E-state index >= 15 is 0 Å². The Hall–Kier alpha value is -1.62. The van der Waals surface area contributed by atoms with Crippen LogP contribution in [0.15, 0.2) is 17.1 Å². The Kier molecular flexibility index (Phi) is 3.73. The van der Waals surface area contributed by atoms with Gasteiger partial charge in [-0.15, -0.1) is 0 Å². The van der Waals surface area contributed by atoms with Gasteiger partial charge in [0, 0.05) is 6.20 Å². The van der Waals surface area contributed by atoms with E-state index in [1.165, 1.54) is 6.07 Å². The van der Waals surface area contributed by atoms with Crippen LogP contribution in [0.25, 0.3) is 0 Å². The molecule has 0 unspecified atom stereocenters. The fraction of sp³-hybridized carbons (Fsp3) is 0.600. The number of hydrogen-bond donors (Lipinski definition) is 4. The van der Waals surface area contributed by atoms with Gasteiger partial charge in [-0.3, -0.25) is 4.57 Å². The predicted molar refractivity (Wildman–Crippen MR) is 60.9 cm³/mol. The SMILES string of the molecule is Nc1ccn([C@@H]2O[C@@](CO)(C(F)F)[C@@H](O)[C@@H]2O)c(=O)n1. The fourth-order valence-electron chi connectivity index (χ4n) is 2.03. The fourth-order valence-corrected chi connectivity index (χ4v) is 2.03. The largest absolute Gasteiger partial charge is 0.393 e. The quantitative estimate of drug-likeness (QED) is 0.510. The second-order valence-corrected chi connectivity index (χ2v) is 4.40. The van der Waals surface area contributed by atoms with Gasteiger partial charge < -0.3 is 25.8 Å². The van der Waals surface area contributed by atoms with Crippen LogP contribution < -0.4 is 11.4 Å². The van der Waals surface area contributed by atoms with Crippen LogP contribution in [0.1, 0.15) is 6.23 Å². The number of halogens is 2. The second kappa shape index (κ2) is 5.05. The second-order valence-electron chi connectivity index (χ2n) is 4.40. The summed E-state index contributed by atoms with van der Waals surface area (Å²) < 4.78 is 31.6. The summed E-state index contributed by atoms with van der Waals surface area (Å²) in [7, 11) is 0. The zero-order chi connectivity index (χ0) is 15.1. The lowest BCUT2D eigenvalue weighted by Gasteiger charge is -2.28. The first-order valence-electron chi connectivity index (χ1n) is 5.61. The number of ether oxygens (including phenoxy) is 1. The number of nitrogen functional groups attached to an aromatic ring is 1. The van der Waals surface area contributed by atoms with E-state index in [2.05, 4.69) is 4.98 Å². The molecule has 1 aromatic heterocycles. The Morgan fingerprint density at radius 3 is 2.65 bits per heavy atom. The Labute approximate surface area is 111 Å². The van der Waals surface area contributed by atoms with Crippen molar-refractivity contribution in [2.45, 2.75) is 30.5 Å². The van der Waals surface area contributed by atoms with Crippen LogP contribution in [0.3, 0.4) is 0 Å². The van der Waals surface area contributed by atoms with Crippen LogP contribution in [0.4, 0.5) is 14.6 Å². The van der Waals surface area contributed by atoms with Crippen molar-refractivity contribution in [2.75, 3.05) is 12.3 Å². The molecule has 2 rings (SSSR count). The third kappa shape index (κ3) is 2.06. The number of nitrogens with two attached hydrogens (primary N) is 1. The molecular formula is C10H13F2N3O5. The van der Waals surface area contributed by atoms with E-state index < -0.39 is 42.8 Å². The molecule has 0 radical (unpaired) electrons. The molecule has 112 valence electrons. The van der Waals surface area contributed by atoms with E-state index in [0.29, 0.717) is 4.57 Å². The maximum absolute atomic E-state index is 13.0. The van der Waals surface area contributed by atoms with E-state index in [9.17, 15) is 23.8 Å². The van der Waals surface area contributed by atoms with Gasteiger partial charge in [0.15, 0.2) is 11.8 Å². The van der Waals surface area contributed by atoms with E-state index in [-0.39, 0.29) is 5.82 Å². The Morgan fingerprint density at radius 2 is 2.20 bits per heavy atom. The van der Waals surface area contributed by atoms with E-state index in [0.717, 1.165) is 6.20 Å². The third-order valence-electron chi connectivity index (χ3n) is 3.20. The normalized spacial score (nSPS) is 33.8. The number of aromatic nitrogens is 2. The van der Waals surface area contributed by atoms with Crippen LogP contribution in [0.5, 0.6) is 0 Å². The van der Waals surface area contributed by atoms with Crippen molar-refractivity contribution in [1.82, 2.24) is 9.55 Å². The Morgan fingerprint density at radius 1 is 1.55 bits per heavy atom. The number of hydrogen-bond acceptors (Lipinski definition) is 7. The predicted octanol–water partition coefficient (Wildman–Crippen LogP) is -1.93. The van der Waals surface area contributed by atoms with Gasteiger partial charge in [0.1, 0.15) is 18.0 Å². The van der Waals surface area contributed by atoms with Gasteiger partial charge in [-0.25, -0.2) is 13.6 Å². The molecule has 8 nitrogen and oxygen atoms in total. The molecule has 4 atom stereocenters. The van der Waals surface area contributed by atoms with Gasteiger partial charge in [-0.1, -0.05) is 0 Å². The summed E-state index contributed by atoms with van der Waals surface area (Å²) in [5.74, 6) is -0.0958. The number of anilines is 1. The van der Waals surface area contributed by atoms with Gasteiger partial charge in [0.05, 0.1) is 6.61 Å². The molecule has 1 aliphatic heterocycles. The zero-order valence-electron chi connectivity index (χ0n) is 10.1. The van der Waals surface area contributed by atoms with E-state index in [1.54, 1.807) is 0 Å². The topological polar surface area (TPSA) is 131 Å². The average Bonchev–Trinajstić information content (AvgIpc) is 2.64. The third-order valence-corrected chi connectivity index (χ3v) is 3.20. The number of alkyl halides is 2. The summed E-state index contributed by atoms with van der Waals surface area (Å²) in [6.07, 6.45) is -7.68. The molecule has 1 aliphatic rings. The summed E-state index contributed by atoms with van der Waals surface area (Å²) in [6, 6.07) is 1.20. The van der Waals surface area contributed by atoms with Crippen LogP contribution in [0, 0.1) is 0 Å². The first-order chi connectivity index (χ1) is 9.33. The number of aliphatic hydroxyl groups excluding tert-OH is 3. The Bertz CT molecular complexity index is 554. The van der Waals surface area contributed by atoms with Gasteiger partial charge in [-0.05, 0) is 6.07 Å². The lowest BCUT2D eigenvalue weighted by molar-refractivity contribution is -0.195. The zero-order valence-corrected chi connectivity index (χ0v) is 10.1. The van der Waals surface area contributed by atoms with Gasteiger partial charge in [0.25, 0.3) is 6.43 Å². The molecule has 2 heterocycles. The lowest BCUT2D eigenvalue weighted by atomic mass is 9.96. The van der Waals surface area contributed by atoms with Crippen molar-refractivity contribution in [3.05, 3.63) is 22.7 Å². The summed E-state index contributed by atoms with van der Waals surface area (Å²) in [4.78, 5) is 15.0. The highest BCUT2D eigenvalue weighted by atomic mass is 19.3. The van der Waals surface area contributed by atoms with Crippen LogP contribution >= 0.6 is 0 Å². The highest BCUT2D eigenvalue weighted by molar-refractivity contribution is 5.23. The van der Waals surface area contributed by atoms with E-state index in [1.807, 2.05) is 0 Å². The molecule has 20 heavy (non-hydrogen) atoms. The molecule has 0 bridgehead atoms. The number of rotatable bonds is 3. The molecule has 0 saturated carbocycles. The van der Waals surface area contributed by atoms with Crippen molar-refractivity contribution in [3.8, 4) is 0 Å². The minimum Gasteiger partial charge on any atom is -0.393 e. The number of nitrogens with zero attached hydrogens (tertiary/aromatic N) is 2. The van der Waals surface area contributed by atoms with Crippen LogP contribution in [0.2, 0.25) is 0 Å². The minimum atomic E-state index is -3.26. The molecular weight excluding hydrogens is 280 g/mol. The van der Waals surface area contributed by atoms with Crippen LogP contribution in [-0.4, -0.2) is 55.7 Å². The van der Waals surface area contributed by atoms with Crippen LogP contribution in [-0.2, 0) is 4.74 Å². The Balaban J connectivity index is 2.42. The molecule has 1 aromatic rings. The molecule has 1 fully saturated rings. The van der Waals surface area contributed by atoms with Gasteiger partial charge in [-0.2, -0.15) is 4.98 Å². The van der Waals surface area contributed by atoms with Crippen molar-refractivity contribution < 1.29 is 28.8 Å². The molecule has 0 aliphatic carbocycles. The van der Waals surface area contributed by atoms with Crippen molar-refractivity contribution in [3.63, 3.8) is 0 Å². The summed E-state index contributed by atoms with van der Waals surface area (Å²) >= 11 is 0. The molecule has 0 amide bonds. The van der Waals surface area contributed by atoms with Crippen molar-refractivity contribution in [2.24, 2.45) is 0 Å². The van der Waals surface area contributed by atoms with Crippen molar-refractivity contribution >= 4 is 5.82 Å². The highest BCUT2D eigenvalue weighted by Crippen LogP contribution is 2.40. The maximum atomic E-state index is 13.0. The summed E-state index contributed by atoms with van der Waals surface area (Å²) in [5.41, 5.74) is 1.68. The standard InChI is InChI=1S/C10H13F2N3O5/c11-8(12)10(3-16)6(18)5(17)7(20-10)15-2-1-4(13)14-9(15)19/h1-2,5-8,16-18H,3H2,(H2,13,14,19)/t5-,6-,7+,10+/m0/s1. The van der Waals surface area contributed by atoms with Gasteiger partial charge in [0.2, 0.25) is 0 Å². The lowest BCUT2D eigenvalue weighted by Crippen LogP contribution is -2.52. The average molecular weight is 293 g/mol. The molecule has 5 N–H and O–H groups in total. The maximum Gasteiger partial charge on any atom is 0.351 e. The first kappa shape index (κ1) is 14.8. The summed E-state index contributed by atoms with van der Waals surface area (Å²) in [5, 5.41) is 28.5. The van der Waals surface area contributed by atoms with Crippen molar-refractivity contribution in [1.29, 1.82) is 0 Å². The highest BCUT2D eigenvalue weighted by Gasteiger charge is 2.60. The smallest absolute Gasteiger partial charge is 0.351 e. The number of aliphatic hydroxyl groups is 3. The molecule has 0 aromatic carbocycles.